The number of rotatable bonds is 8. The smallest absolute Gasteiger partial charge is 0.162 e. The van der Waals surface area contributed by atoms with Crippen LogP contribution in [0.3, 0.4) is 0 Å². The highest BCUT2D eigenvalue weighted by Crippen LogP contribution is 2.26. The molecule has 154 valence electrons. The summed E-state index contributed by atoms with van der Waals surface area (Å²) in [5, 5.41) is 3.11. The Labute approximate surface area is 176 Å². The van der Waals surface area contributed by atoms with Gasteiger partial charge >= 0.3 is 0 Å². The van der Waals surface area contributed by atoms with Crippen LogP contribution in [0.5, 0.6) is 0 Å². The fourth-order valence-corrected chi connectivity index (χ4v) is 4.48. The minimum Gasteiger partial charge on any atom is -0.459 e. The highest BCUT2D eigenvalue weighted by atomic mass is 32.1. The van der Waals surface area contributed by atoms with Crippen LogP contribution in [-0.2, 0) is 17.8 Å². The lowest BCUT2D eigenvalue weighted by Gasteiger charge is -2.34. The zero-order chi connectivity index (χ0) is 20.1. The molecule has 1 unspecified atom stereocenters. The highest BCUT2D eigenvalue weighted by molar-refractivity contribution is 7.13. The van der Waals surface area contributed by atoms with Gasteiger partial charge in [0, 0.05) is 44.1 Å². The molecule has 0 amide bonds. The number of aromatic nitrogens is 1. The lowest BCUT2D eigenvalue weighted by atomic mass is 10.1. The quantitative estimate of drug-likeness (QED) is 0.548. The number of thiazole rings is 1. The molecule has 6 heteroatoms. The molecule has 29 heavy (non-hydrogen) atoms. The Morgan fingerprint density at radius 3 is 2.62 bits per heavy atom. The number of morpholine rings is 1. The van der Waals surface area contributed by atoms with E-state index >= 15 is 0 Å². The lowest BCUT2D eigenvalue weighted by molar-refractivity contribution is 0.0225. The molecule has 1 fully saturated rings. The van der Waals surface area contributed by atoms with Crippen LogP contribution in [-0.4, -0.2) is 53.7 Å². The van der Waals surface area contributed by atoms with E-state index in [4.69, 9.17) is 14.1 Å². The van der Waals surface area contributed by atoms with Gasteiger partial charge in [0.05, 0.1) is 18.9 Å². The second kappa shape index (κ2) is 9.67. The predicted octanol–water partition coefficient (Wildman–Crippen LogP) is 4.43. The van der Waals surface area contributed by atoms with Gasteiger partial charge < -0.3 is 9.15 Å². The van der Waals surface area contributed by atoms with Crippen LogP contribution >= 0.6 is 11.3 Å². The maximum atomic E-state index is 5.75. The molecule has 0 aliphatic carbocycles. The number of hydrogen-bond acceptors (Lipinski definition) is 6. The van der Waals surface area contributed by atoms with Crippen molar-refractivity contribution in [1.82, 2.24) is 14.8 Å². The van der Waals surface area contributed by atoms with Crippen LogP contribution in [0.1, 0.15) is 23.9 Å². The molecule has 0 bridgehead atoms. The maximum Gasteiger partial charge on any atom is 0.162 e. The molecule has 1 aliphatic rings. The van der Waals surface area contributed by atoms with Crippen LogP contribution in [0.4, 0.5) is 0 Å². The summed E-state index contributed by atoms with van der Waals surface area (Å²) in [6.45, 7) is 10.8. The van der Waals surface area contributed by atoms with Crippen LogP contribution < -0.4 is 0 Å². The Balaban J connectivity index is 1.47. The van der Waals surface area contributed by atoms with Gasteiger partial charge in [-0.05, 0) is 31.5 Å². The van der Waals surface area contributed by atoms with E-state index in [9.17, 15) is 0 Å². The number of benzene rings is 1. The molecule has 2 aromatic heterocycles. The van der Waals surface area contributed by atoms with Gasteiger partial charge in [0.15, 0.2) is 10.8 Å². The number of nitrogens with zero attached hydrogens (tertiary/aromatic N) is 3. The first-order valence-corrected chi connectivity index (χ1v) is 11.1. The average molecular weight is 412 g/mol. The van der Waals surface area contributed by atoms with Gasteiger partial charge in [0.25, 0.3) is 0 Å². The van der Waals surface area contributed by atoms with Crippen molar-refractivity contribution < 1.29 is 9.15 Å². The van der Waals surface area contributed by atoms with Crippen LogP contribution in [0, 0.1) is 6.92 Å². The summed E-state index contributed by atoms with van der Waals surface area (Å²) < 4.78 is 11.3. The third kappa shape index (κ3) is 5.54. The highest BCUT2D eigenvalue weighted by Gasteiger charge is 2.21. The monoisotopic (exact) mass is 411 g/mol. The van der Waals surface area contributed by atoms with Crippen molar-refractivity contribution in [3.8, 4) is 10.8 Å². The summed E-state index contributed by atoms with van der Waals surface area (Å²) in [5.74, 6) is 1.77. The van der Waals surface area contributed by atoms with Gasteiger partial charge in [-0.15, -0.1) is 11.3 Å². The van der Waals surface area contributed by atoms with Crippen molar-refractivity contribution in [2.75, 3.05) is 32.8 Å². The summed E-state index contributed by atoms with van der Waals surface area (Å²) in [5.41, 5.74) is 2.43. The molecule has 1 atom stereocenters. The molecular weight excluding hydrogens is 382 g/mol. The first-order chi connectivity index (χ1) is 14.2. The molecule has 0 spiro atoms. The van der Waals surface area contributed by atoms with Gasteiger partial charge in [-0.25, -0.2) is 4.98 Å². The largest absolute Gasteiger partial charge is 0.459 e. The molecule has 4 rings (SSSR count). The van der Waals surface area contributed by atoms with E-state index in [-0.39, 0.29) is 0 Å². The topological polar surface area (TPSA) is 41.7 Å². The Morgan fingerprint density at radius 1 is 1.10 bits per heavy atom. The molecule has 1 saturated heterocycles. The van der Waals surface area contributed by atoms with Crippen molar-refractivity contribution in [3.63, 3.8) is 0 Å². The van der Waals surface area contributed by atoms with E-state index in [1.165, 1.54) is 5.56 Å². The van der Waals surface area contributed by atoms with Crippen molar-refractivity contribution >= 4 is 11.3 Å². The molecule has 3 heterocycles. The number of aryl methyl sites for hydroxylation is 1. The van der Waals surface area contributed by atoms with Gasteiger partial charge in [-0.3, -0.25) is 9.80 Å². The first kappa shape index (κ1) is 20.3. The van der Waals surface area contributed by atoms with Gasteiger partial charge in [-0.1, -0.05) is 30.3 Å². The molecule has 5 nitrogen and oxygen atoms in total. The normalized spacial score (nSPS) is 16.4. The van der Waals surface area contributed by atoms with Crippen LogP contribution in [0.2, 0.25) is 0 Å². The number of hydrogen-bond donors (Lipinski definition) is 0. The number of furan rings is 1. The second-order valence-electron chi connectivity index (χ2n) is 7.71. The van der Waals surface area contributed by atoms with Gasteiger partial charge in [0.1, 0.15) is 5.76 Å². The molecule has 1 aliphatic heterocycles. The minimum absolute atomic E-state index is 0.421. The fraction of sp³-hybridized carbons (Fsp3) is 0.435. The fourth-order valence-electron chi connectivity index (χ4n) is 3.71. The van der Waals surface area contributed by atoms with Crippen LogP contribution in [0.25, 0.3) is 10.8 Å². The lowest BCUT2D eigenvalue weighted by Crippen LogP contribution is -2.45. The zero-order valence-corrected chi connectivity index (χ0v) is 18.0. The maximum absolute atomic E-state index is 5.75. The Hall–Kier alpha value is -1.99. The van der Waals surface area contributed by atoms with Crippen molar-refractivity contribution in [1.29, 1.82) is 0 Å². The Kier molecular flexibility index (Phi) is 6.77. The molecular formula is C23H29N3O2S. The van der Waals surface area contributed by atoms with Crippen LogP contribution in [0.15, 0.2) is 52.3 Å². The third-order valence-electron chi connectivity index (χ3n) is 5.35. The van der Waals surface area contributed by atoms with Crippen molar-refractivity contribution in [3.05, 3.63) is 64.9 Å². The van der Waals surface area contributed by atoms with Gasteiger partial charge in [-0.2, -0.15) is 0 Å². The van der Waals surface area contributed by atoms with E-state index in [1.54, 1.807) is 11.3 Å². The summed E-state index contributed by atoms with van der Waals surface area (Å²) in [6.07, 6.45) is 0. The van der Waals surface area contributed by atoms with Gasteiger partial charge in [0.2, 0.25) is 0 Å². The molecule has 3 aromatic rings. The van der Waals surface area contributed by atoms with E-state index < -0.39 is 0 Å². The van der Waals surface area contributed by atoms with E-state index in [1.807, 2.05) is 19.1 Å². The predicted molar refractivity (Wildman–Crippen MR) is 117 cm³/mol. The van der Waals surface area contributed by atoms with E-state index in [2.05, 4.69) is 52.4 Å². The number of ether oxygens (including phenoxy) is 1. The van der Waals surface area contributed by atoms with Crippen molar-refractivity contribution in [2.24, 2.45) is 0 Å². The van der Waals surface area contributed by atoms with Crippen molar-refractivity contribution in [2.45, 2.75) is 33.0 Å². The summed E-state index contributed by atoms with van der Waals surface area (Å²) in [6, 6.07) is 15.1. The average Bonchev–Trinajstić information content (AvgIpc) is 3.38. The van der Waals surface area contributed by atoms with E-state index in [0.29, 0.717) is 6.04 Å². The minimum atomic E-state index is 0.421. The third-order valence-corrected chi connectivity index (χ3v) is 6.25. The Morgan fingerprint density at radius 2 is 1.90 bits per heavy atom. The Bertz CT molecular complexity index is 886. The van der Waals surface area contributed by atoms with E-state index in [0.717, 1.165) is 68.2 Å². The first-order valence-electron chi connectivity index (χ1n) is 10.3. The molecule has 0 saturated carbocycles. The zero-order valence-electron chi connectivity index (χ0n) is 17.2. The SMILES string of the molecule is Cc1ccc(-c2nc(CN(Cc3ccccc3)C(C)CN3CCOCC3)cs2)o1. The summed E-state index contributed by atoms with van der Waals surface area (Å²) in [4.78, 5) is 9.88. The standard InChI is InChI=1S/C23H29N3O2S/c1-18(14-25-10-12-27-13-11-25)26(15-20-6-4-3-5-7-20)16-21-17-29-23(24-21)22-9-8-19(2)28-22/h3-9,17-18H,10-16H2,1-2H3. The second-order valence-corrected chi connectivity index (χ2v) is 8.56. The molecule has 0 radical (unpaired) electrons. The summed E-state index contributed by atoms with van der Waals surface area (Å²) >= 11 is 1.65. The molecule has 1 aromatic carbocycles. The summed E-state index contributed by atoms with van der Waals surface area (Å²) in [7, 11) is 0. The molecule has 0 N–H and O–H groups in total.